The van der Waals surface area contributed by atoms with Gasteiger partial charge in [0.1, 0.15) is 11.5 Å². The quantitative estimate of drug-likeness (QED) is 0.207. The van der Waals surface area contributed by atoms with E-state index in [1.807, 2.05) is 55.5 Å². The third-order valence-corrected chi connectivity index (χ3v) is 6.44. The smallest absolute Gasteiger partial charge is 0.272 e. The maximum atomic E-state index is 13.9. The SMILES string of the molecule is Cc1ccc(/C=C(\NC(=O)c2ccccc2)C(=O)Nc2ccc(SCc3ccccc3F)cc2)cc1. The van der Waals surface area contributed by atoms with Gasteiger partial charge in [-0.3, -0.25) is 9.59 Å². The molecule has 0 radical (unpaired) electrons. The third-order valence-electron chi connectivity index (χ3n) is 5.38. The molecule has 0 spiro atoms. The Morgan fingerprint density at radius 1 is 0.833 bits per heavy atom. The summed E-state index contributed by atoms with van der Waals surface area (Å²) in [7, 11) is 0. The van der Waals surface area contributed by atoms with Gasteiger partial charge in [-0.25, -0.2) is 4.39 Å². The van der Waals surface area contributed by atoms with Gasteiger partial charge in [0.05, 0.1) is 0 Å². The largest absolute Gasteiger partial charge is 0.321 e. The molecule has 0 aliphatic rings. The number of hydrogen-bond donors (Lipinski definition) is 2. The van der Waals surface area contributed by atoms with Crippen molar-refractivity contribution in [3.8, 4) is 0 Å². The average molecular weight is 497 g/mol. The number of carbonyl (C=O) groups is 2. The maximum Gasteiger partial charge on any atom is 0.272 e. The fraction of sp³-hybridized carbons (Fsp3) is 0.0667. The molecule has 0 atom stereocenters. The van der Waals surface area contributed by atoms with E-state index in [0.717, 1.165) is 16.0 Å². The van der Waals surface area contributed by atoms with Crippen molar-refractivity contribution in [3.63, 3.8) is 0 Å². The molecule has 4 rings (SSSR count). The molecule has 180 valence electrons. The molecule has 0 aromatic heterocycles. The second-order valence-electron chi connectivity index (χ2n) is 8.15. The van der Waals surface area contributed by atoms with Gasteiger partial charge in [0.15, 0.2) is 0 Å². The minimum absolute atomic E-state index is 0.130. The van der Waals surface area contributed by atoms with E-state index in [1.165, 1.54) is 17.8 Å². The average Bonchev–Trinajstić information content (AvgIpc) is 2.90. The summed E-state index contributed by atoms with van der Waals surface area (Å²) in [5.74, 6) is -0.525. The molecular weight excluding hydrogens is 471 g/mol. The summed E-state index contributed by atoms with van der Waals surface area (Å²) in [5, 5.41) is 5.59. The molecule has 0 aliphatic heterocycles. The number of rotatable bonds is 8. The lowest BCUT2D eigenvalue weighted by atomic mass is 10.1. The summed E-state index contributed by atoms with van der Waals surface area (Å²) in [6, 6.07) is 30.4. The highest BCUT2D eigenvalue weighted by Gasteiger charge is 2.15. The molecule has 4 aromatic rings. The summed E-state index contributed by atoms with van der Waals surface area (Å²) >= 11 is 1.51. The zero-order chi connectivity index (χ0) is 25.3. The Morgan fingerprint density at radius 3 is 2.19 bits per heavy atom. The topological polar surface area (TPSA) is 58.2 Å². The molecule has 0 saturated carbocycles. The van der Waals surface area contributed by atoms with E-state index in [4.69, 9.17) is 0 Å². The van der Waals surface area contributed by atoms with Crippen LogP contribution in [0.25, 0.3) is 6.08 Å². The van der Waals surface area contributed by atoms with E-state index in [0.29, 0.717) is 22.6 Å². The zero-order valence-electron chi connectivity index (χ0n) is 19.7. The third kappa shape index (κ3) is 6.93. The Kier molecular flexibility index (Phi) is 8.32. The fourth-order valence-electron chi connectivity index (χ4n) is 3.38. The van der Waals surface area contributed by atoms with Crippen LogP contribution in [-0.2, 0) is 10.5 Å². The Hall–Kier alpha value is -4.16. The molecule has 2 N–H and O–H groups in total. The van der Waals surface area contributed by atoms with E-state index in [-0.39, 0.29) is 17.4 Å². The van der Waals surface area contributed by atoms with Crippen molar-refractivity contribution in [3.05, 3.63) is 137 Å². The van der Waals surface area contributed by atoms with Crippen LogP contribution in [0, 0.1) is 12.7 Å². The van der Waals surface area contributed by atoms with Crippen LogP contribution >= 0.6 is 11.8 Å². The lowest BCUT2D eigenvalue weighted by Crippen LogP contribution is -2.30. The molecule has 0 aliphatic carbocycles. The first-order valence-electron chi connectivity index (χ1n) is 11.4. The predicted octanol–water partition coefficient (Wildman–Crippen LogP) is 6.84. The molecule has 0 saturated heterocycles. The Labute approximate surface area is 214 Å². The molecule has 4 aromatic carbocycles. The molecular formula is C30H25FN2O2S. The molecule has 0 unspecified atom stereocenters. The van der Waals surface area contributed by atoms with Crippen LogP contribution in [0.4, 0.5) is 10.1 Å². The van der Waals surface area contributed by atoms with Crippen molar-refractivity contribution in [2.24, 2.45) is 0 Å². The molecule has 0 bridgehead atoms. The molecule has 0 heterocycles. The van der Waals surface area contributed by atoms with E-state index >= 15 is 0 Å². The number of hydrogen-bond acceptors (Lipinski definition) is 3. The van der Waals surface area contributed by atoms with Crippen molar-refractivity contribution in [1.82, 2.24) is 5.32 Å². The van der Waals surface area contributed by atoms with Crippen LogP contribution in [0.15, 0.2) is 114 Å². The van der Waals surface area contributed by atoms with Crippen molar-refractivity contribution in [2.45, 2.75) is 17.6 Å². The monoisotopic (exact) mass is 496 g/mol. The zero-order valence-corrected chi connectivity index (χ0v) is 20.5. The van der Waals surface area contributed by atoms with Gasteiger partial charge in [0.2, 0.25) is 0 Å². The number of benzene rings is 4. The van der Waals surface area contributed by atoms with Gasteiger partial charge in [-0.2, -0.15) is 0 Å². The van der Waals surface area contributed by atoms with Gasteiger partial charge in [-0.05, 0) is 66.6 Å². The summed E-state index contributed by atoms with van der Waals surface area (Å²) in [6.45, 7) is 1.98. The lowest BCUT2D eigenvalue weighted by molar-refractivity contribution is -0.113. The number of thioether (sulfide) groups is 1. The number of carbonyl (C=O) groups excluding carboxylic acids is 2. The van der Waals surface area contributed by atoms with Crippen LogP contribution in [0.5, 0.6) is 0 Å². The van der Waals surface area contributed by atoms with E-state index < -0.39 is 5.91 Å². The lowest BCUT2D eigenvalue weighted by Gasteiger charge is -2.12. The maximum absolute atomic E-state index is 13.9. The van der Waals surface area contributed by atoms with Crippen LogP contribution < -0.4 is 10.6 Å². The number of halogens is 1. The first kappa shape index (κ1) is 24.9. The Morgan fingerprint density at radius 2 is 1.50 bits per heavy atom. The van der Waals surface area contributed by atoms with Gasteiger partial charge < -0.3 is 10.6 Å². The summed E-state index contributed by atoms with van der Waals surface area (Å²) in [4.78, 5) is 26.8. The van der Waals surface area contributed by atoms with Crippen molar-refractivity contribution < 1.29 is 14.0 Å². The highest BCUT2D eigenvalue weighted by molar-refractivity contribution is 7.98. The molecule has 4 nitrogen and oxygen atoms in total. The van der Waals surface area contributed by atoms with Crippen LogP contribution in [0.3, 0.4) is 0 Å². The highest BCUT2D eigenvalue weighted by Crippen LogP contribution is 2.25. The normalized spacial score (nSPS) is 11.1. The van der Waals surface area contributed by atoms with Crippen molar-refractivity contribution >= 4 is 35.3 Å². The van der Waals surface area contributed by atoms with Crippen LogP contribution in [0.2, 0.25) is 0 Å². The fourth-order valence-corrected chi connectivity index (χ4v) is 4.27. The van der Waals surface area contributed by atoms with E-state index in [1.54, 1.807) is 54.6 Å². The summed E-state index contributed by atoms with van der Waals surface area (Å²) < 4.78 is 13.9. The van der Waals surface area contributed by atoms with Crippen LogP contribution in [0.1, 0.15) is 27.0 Å². The number of aryl methyl sites for hydroxylation is 1. The number of amides is 2. The van der Waals surface area contributed by atoms with Gasteiger partial charge >= 0.3 is 0 Å². The summed E-state index contributed by atoms with van der Waals surface area (Å²) in [6.07, 6.45) is 1.65. The van der Waals surface area contributed by atoms with E-state index in [9.17, 15) is 14.0 Å². The number of nitrogens with one attached hydrogen (secondary N) is 2. The molecule has 36 heavy (non-hydrogen) atoms. The van der Waals surface area contributed by atoms with Crippen molar-refractivity contribution in [1.29, 1.82) is 0 Å². The predicted molar refractivity (Wildman–Crippen MR) is 144 cm³/mol. The second-order valence-corrected chi connectivity index (χ2v) is 9.20. The molecule has 0 fully saturated rings. The van der Waals surface area contributed by atoms with Gasteiger partial charge in [0, 0.05) is 21.9 Å². The second kappa shape index (κ2) is 12.0. The van der Waals surface area contributed by atoms with Gasteiger partial charge in [-0.1, -0.05) is 66.2 Å². The minimum Gasteiger partial charge on any atom is -0.321 e. The first-order valence-corrected chi connectivity index (χ1v) is 12.4. The Bertz CT molecular complexity index is 1370. The molecule has 2 amide bonds. The van der Waals surface area contributed by atoms with Crippen molar-refractivity contribution in [2.75, 3.05) is 5.32 Å². The number of anilines is 1. The Balaban J connectivity index is 1.47. The molecule has 6 heteroatoms. The van der Waals surface area contributed by atoms with Gasteiger partial charge in [-0.15, -0.1) is 11.8 Å². The standard InChI is InChI=1S/C30H25FN2O2S/c1-21-11-13-22(14-12-21)19-28(33-29(34)23-7-3-2-4-8-23)30(35)32-25-15-17-26(18-16-25)36-20-24-9-5-6-10-27(24)31/h2-19H,20H2,1H3,(H,32,35)(H,33,34)/b28-19-. The van der Waals surface area contributed by atoms with Crippen LogP contribution in [-0.4, -0.2) is 11.8 Å². The highest BCUT2D eigenvalue weighted by atomic mass is 32.2. The summed E-state index contributed by atoms with van der Waals surface area (Å²) in [5.41, 5.74) is 3.69. The van der Waals surface area contributed by atoms with Gasteiger partial charge in [0.25, 0.3) is 11.8 Å². The minimum atomic E-state index is -0.438. The van der Waals surface area contributed by atoms with E-state index in [2.05, 4.69) is 10.6 Å². The first-order chi connectivity index (χ1) is 17.5.